The van der Waals surface area contributed by atoms with Gasteiger partial charge in [-0.1, -0.05) is 0 Å². The van der Waals surface area contributed by atoms with Gasteiger partial charge in [0.05, 0.1) is 18.6 Å². The summed E-state index contributed by atoms with van der Waals surface area (Å²) in [5, 5.41) is 3.92. The zero-order valence-corrected chi connectivity index (χ0v) is 10.2. The van der Waals surface area contributed by atoms with E-state index >= 15 is 0 Å². The normalized spacial score (nSPS) is 19.0. The van der Waals surface area contributed by atoms with Crippen LogP contribution in [-0.2, 0) is 0 Å². The summed E-state index contributed by atoms with van der Waals surface area (Å²) in [6.07, 6.45) is 0. The monoisotopic (exact) mass is 248 g/mol. The van der Waals surface area contributed by atoms with Gasteiger partial charge in [-0.2, -0.15) is 25.3 Å². The molecule has 0 N–H and O–H groups in total. The average molecular weight is 248 g/mol. The standard InChI is InChI=1S/C9H12O2S3/c12-5-9(6-13)3-10-7-1-14-2-8(7)11-4-9/h1-2,12-13H,3-6H2. The Balaban J connectivity index is 2.16. The summed E-state index contributed by atoms with van der Waals surface area (Å²) in [6.45, 7) is 1.26. The van der Waals surface area contributed by atoms with Crippen LogP contribution in [0.2, 0.25) is 0 Å². The van der Waals surface area contributed by atoms with Crippen molar-refractivity contribution in [3.8, 4) is 11.5 Å². The first-order chi connectivity index (χ1) is 6.79. The van der Waals surface area contributed by atoms with E-state index < -0.39 is 0 Å². The molecule has 78 valence electrons. The van der Waals surface area contributed by atoms with Gasteiger partial charge in [0, 0.05) is 22.3 Å². The molecule has 0 atom stereocenters. The van der Waals surface area contributed by atoms with Crippen LogP contribution in [0.25, 0.3) is 0 Å². The van der Waals surface area contributed by atoms with Crippen LogP contribution in [0.1, 0.15) is 0 Å². The van der Waals surface area contributed by atoms with Gasteiger partial charge in [0.15, 0.2) is 11.5 Å². The Morgan fingerprint density at radius 3 is 2.07 bits per heavy atom. The van der Waals surface area contributed by atoms with Crippen LogP contribution in [0.4, 0.5) is 0 Å². The summed E-state index contributed by atoms with van der Waals surface area (Å²) in [5.41, 5.74) is -0.0666. The van der Waals surface area contributed by atoms with Crippen LogP contribution in [0, 0.1) is 5.41 Å². The third-order valence-corrected chi connectivity index (χ3v) is 4.37. The number of thiophene rings is 1. The summed E-state index contributed by atoms with van der Waals surface area (Å²) >= 11 is 10.3. The second-order valence-corrected chi connectivity index (χ2v) is 4.87. The predicted molar refractivity (Wildman–Crippen MR) is 65.4 cm³/mol. The quantitative estimate of drug-likeness (QED) is 0.783. The summed E-state index contributed by atoms with van der Waals surface area (Å²) < 4.78 is 11.3. The zero-order valence-electron chi connectivity index (χ0n) is 7.60. The molecule has 14 heavy (non-hydrogen) atoms. The second kappa shape index (κ2) is 4.24. The molecule has 2 nitrogen and oxygen atoms in total. The number of hydrogen-bond acceptors (Lipinski definition) is 5. The van der Waals surface area contributed by atoms with Crippen molar-refractivity contribution in [3.63, 3.8) is 0 Å². The van der Waals surface area contributed by atoms with Gasteiger partial charge >= 0.3 is 0 Å². The lowest BCUT2D eigenvalue weighted by molar-refractivity contribution is 0.149. The minimum atomic E-state index is -0.0666. The molecule has 0 aromatic carbocycles. The highest BCUT2D eigenvalue weighted by atomic mass is 32.1. The Morgan fingerprint density at radius 2 is 1.64 bits per heavy atom. The van der Waals surface area contributed by atoms with E-state index in [1.165, 1.54) is 0 Å². The first-order valence-electron chi connectivity index (χ1n) is 4.33. The summed E-state index contributed by atoms with van der Waals surface area (Å²) in [5.74, 6) is 3.15. The lowest BCUT2D eigenvalue weighted by Crippen LogP contribution is -2.37. The van der Waals surface area contributed by atoms with Crippen molar-refractivity contribution >= 4 is 36.6 Å². The third kappa shape index (κ3) is 1.85. The van der Waals surface area contributed by atoms with Crippen molar-refractivity contribution < 1.29 is 9.47 Å². The van der Waals surface area contributed by atoms with Crippen molar-refractivity contribution in [1.29, 1.82) is 0 Å². The maximum atomic E-state index is 5.67. The highest BCUT2D eigenvalue weighted by Crippen LogP contribution is 2.37. The molecular formula is C9H12O2S3. The fourth-order valence-electron chi connectivity index (χ4n) is 1.22. The SMILES string of the molecule is SCC1(CS)COc2cscc2OC1. The molecule has 1 aliphatic heterocycles. The minimum Gasteiger partial charge on any atom is -0.488 e. The molecule has 0 radical (unpaired) electrons. The van der Waals surface area contributed by atoms with E-state index in [0.29, 0.717) is 13.2 Å². The van der Waals surface area contributed by atoms with Crippen molar-refractivity contribution in [1.82, 2.24) is 0 Å². The van der Waals surface area contributed by atoms with Crippen LogP contribution in [-0.4, -0.2) is 24.7 Å². The fourth-order valence-corrected chi connectivity index (χ4v) is 2.67. The Morgan fingerprint density at radius 1 is 1.14 bits per heavy atom. The number of rotatable bonds is 2. The first kappa shape index (κ1) is 10.5. The highest BCUT2D eigenvalue weighted by molar-refractivity contribution is 7.81. The van der Waals surface area contributed by atoms with Crippen LogP contribution >= 0.6 is 36.6 Å². The topological polar surface area (TPSA) is 18.5 Å². The molecular weight excluding hydrogens is 236 g/mol. The maximum absolute atomic E-state index is 5.67. The predicted octanol–water partition coefficient (Wildman–Crippen LogP) is 2.37. The first-order valence-corrected chi connectivity index (χ1v) is 6.54. The molecule has 0 bridgehead atoms. The molecule has 0 unspecified atom stereocenters. The summed E-state index contributed by atoms with van der Waals surface area (Å²) in [7, 11) is 0. The van der Waals surface area contributed by atoms with Crippen molar-refractivity contribution in [2.24, 2.45) is 5.41 Å². The lowest BCUT2D eigenvalue weighted by atomic mass is 9.96. The van der Waals surface area contributed by atoms with Crippen molar-refractivity contribution in [3.05, 3.63) is 10.8 Å². The lowest BCUT2D eigenvalue weighted by Gasteiger charge is -2.26. The minimum absolute atomic E-state index is 0.0666. The number of ether oxygens (including phenoxy) is 2. The molecule has 2 heterocycles. The third-order valence-electron chi connectivity index (χ3n) is 2.33. The molecule has 0 saturated carbocycles. The molecule has 0 amide bonds. The maximum Gasteiger partial charge on any atom is 0.171 e. The number of fused-ring (bicyclic) bond motifs is 1. The van der Waals surface area contributed by atoms with E-state index in [1.807, 2.05) is 10.8 Å². The average Bonchev–Trinajstić information content (AvgIpc) is 2.61. The van der Waals surface area contributed by atoms with Gasteiger partial charge in [0.25, 0.3) is 0 Å². The van der Waals surface area contributed by atoms with Crippen molar-refractivity contribution in [2.45, 2.75) is 0 Å². The molecule has 1 aliphatic rings. The Kier molecular flexibility index (Phi) is 3.19. The largest absolute Gasteiger partial charge is 0.488 e. The van der Waals surface area contributed by atoms with Gasteiger partial charge in [-0.3, -0.25) is 0 Å². The molecule has 5 heteroatoms. The Labute approximate surface area is 98.4 Å². The van der Waals surface area contributed by atoms with E-state index in [0.717, 1.165) is 23.0 Å². The molecule has 0 fully saturated rings. The van der Waals surface area contributed by atoms with Gasteiger partial charge in [0.1, 0.15) is 0 Å². The van der Waals surface area contributed by atoms with Crippen LogP contribution in [0.3, 0.4) is 0 Å². The molecule has 2 rings (SSSR count). The van der Waals surface area contributed by atoms with Gasteiger partial charge in [-0.05, 0) is 0 Å². The molecule has 0 spiro atoms. The van der Waals surface area contributed by atoms with E-state index in [1.54, 1.807) is 11.3 Å². The Bertz CT molecular complexity index is 282. The van der Waals surface area contributed by atoms with E-state index in [4.69, 9.17) is 9.47 Å². The second-order valence-electron chi connectivity index (χ2n) is 3.49. The van der Waals surface area contributed by atoms with E-state index in [-0.39, 0.29) is 5.41 Å². The molecule has 0 saturated heterocycles. The number of thiol groups is 2. The molecule has 0 aliphatic carbocycles. The molecule has 1 aromatic heterocycles. The zero-order chi connectivity index (χ0) is 10.0. The van der Waals surface area contributed by atoms with E-state index in [9.17, 15) is 0 Å². The summed E-state index contributed by atoms with van der Waals surface area (Å²) in [6, 6.07) is 0. The van der Waals surface area contributed by atoms with Crippen LogP contribution in [0.15, 0.2) is 10.8 Å². The van der Waals surface area contributed by atoms with Gasteiger partial charge in [-0.25, -0.2) is 0 Å². The van der Waals surface area contributed by atoms with Crippen LogP contribution < -0.4 is 9.47 Å². The van der Waals surface area contributed by atoms with E-state index in [2.05, 4.69) is 25.3 Å². The van der Waals surface area contributed by atoms with Crippen LogP contribution in [0.5, 0.6) is 11.5 Å². The molecule has 1 aromatic rings. The summed E-state index contributed by atoms with van der Waals surface area (Å²) in [4.78, 5) is 0. The van der Waals surface area contributed by atoms with Crippen molar-refractivity contribution in [2.75, 3.05) is 24.7 Å². The van der Waals surface area contributed by atoms with Gasteiger partial charge in [0.2, 0.25) is 0 Å². The van der Waals surface area contributed by atoms with Gasteiger partial charge < -0.3 is 9.47 Å². The van der Waals surface area contributed by atoms with Gasteiger partial charge in [-0.15, -0.1) is 11.3 Å². The number of hydrogen-bond donors (Lipinski definition) is 2. The smallest absolute Gasteiger partial charge is 0.171 e. The fraction of sp³-hybridized carbons (Fsp3) is 0.556. The Hall–Kier alpha value is -0.0000000000000000555. The highest BCUT2D eigenvalue weighted by Gasteiger charge is 2.32.